The number of morpholine rings is 1. The van der Waals surface area contributed by atoms with E-state index in [-0.39, 0.29) is 53.2 Å². The largest absolute Gasteiger partial charge is 0.459 e. The molecule has 2 N–H and O–H groups in total. The fraction of sp³-hybridized carbons (Fsp3) is 0.576. The lowest BCUT2D eigenvalue weighted by Crippen LogP contribution is -2.59. The number of benzene rings is 1. The van der Waals surface area contributed by atoms with Gasteiger partial charge in [-0.1, -0.05) is 31.4 Å². The van der Waals surface area contributed by atoms with Gasteiger partial charge in [-0.3, -0.25) is 19.2 Å². The van der Waals surface area contributed by atoms with Crippen LogP contribution >= 0.6 is 11.3 Å². The Labute approximate surface area is 267 Å². The van der Waals surface area contributed by atoms with Crippen LogP contribution in [0.2, 0.25) is 0 Å². The van der Waals surface area contributed by atoms with Gasteiger partial charge >= 0.3 is 5.97 Å². The molecule has 3 amide bonds. The molecule has 4 saturated heterocycles. The molecule has 45 heavy (non-hydrogen) atoms. The van der Waals surface area contributed by atoms with Gasteiger partial charge in [0.1, 0.15) is 28.9 Å². The first-order chi connectivity index (χ1) is 21.7. The normalized spacial score (nSPS) is 24.7. The van der Waals surface area contributed by atoms with E-state index in [1.54, 1.807) is 48.5 Å². The van der Waals surface area contributed by atoms with Gasteiger partial charge in [-0.2, -0.15) is 0 Å². The minimum atomic E-state index is -0.590. The number of ketones is 1. The first kappa shape index (κ1) is 31.3. The minimum absolute atomic E-state index is 0.0781. The average molecular weight is 636 g/mol. The number of thiazole rings is 1. The third-order valence-electron chi connectivity index (χ3n) is 9.81. The zero-order valence-corrected chi connectivity index (χ0v) is 26.6. The summed E-state index contributed by atoms with van der Waals surface area (Å²) in [5.41, 5.74) is 0.938. The van der Waals surface area contributed by atoms with E-state index in [1.165, 1.54) is 11.3 Å². The van der Waals surface area contributed by atoms with E-state index in [0.717, 1.165) is 51.4 Å². The summed E-state index contributed by atoms with van der Waals surface area (Å²) in [5, 5.41) is 8.42. The maximum absolute atomic E-state index is 14.1. The molecule has 5 atom stereocenters. The monoisotopic (exact) mass is 635 g/mol. The number of esters is 1. The van der Waals surface area contributed by atoms with Crippen molar-refractivity contribution in [3.05, 3.63) is 51.5 Å². The number of nitrogens with zero attached hydrogens (tertiary/aromatic N) is 3. The first-order valence-corrected chi connectivity index (χ1v) is 17.0. The maximum atomic E-state index is 14.1. The highest BCUT2D eigenvalue weighted by Crippen LogP contribution is 2.37. The minimum Gasteiger partial charge on any atom is -0.459 e. The standard InChI is InChI=1S/C33H41N5O6S/c1-19(34-2)29(40)36-27(20-8-4-3-5-9-20)32(42)37-15-7-12-25(37)30-35-24(18-45-30)28(39)21-10-6-11-22(16-21)31(41)38-17-23-13-14-26(38)33(43)44-23/h6,10-11,16,18-20,23,25-27,34H,3-5,7-9,12-15,17H2,1-2H3,(H,36,40). The molecule has 2 bridgehead atoms. The van der Waals surface area contributed by atoms with Crippen molar-refractivity contribution in [3.8, 4) is 0 Å². The number of fused-ring (bicyclic) bond motifs is 3. The summed E-state index contributed by atoms with van der Waals surface area (Å²) in [6, 6.07) is 4.68. The van der Waals surface area contributed by atoms with Crippen LogP contribution in [0, 0.1) is 5.92 Å². The van der Waals surface area contributed by atoms with Gasteiger partial charge in [-0.15, -0.1) is 11.3 Å². The van der Waals surface area contributed by atoms with Crippen LogP contribution in [0.4, 0.5) is 0 Å². The highest BCUT2D eigenvalue weighted by Gasteiger charge is 2.44. The van der Waals surface area contributed by atoms with Crippen molar-refractivity contribution < 1.29 is 28.7 Å². The molecule has 7 rings (SSSR count). The molecule has 1 saturated carbocycles. The molecular weight excluding hydrogens is 594 g/mol. The zero-order valence-electron chi connectivity index (χ0n) is 25.8. The molecule has 5 aliphatic rings. The molecule has 5 unspecified atom stereocenters. The van der Waals surface area contributed by atoms with E-state index in [4.69, 9.17) is 9.72 Å². The summed E-state index contributed by atoms with van der Waals surface area (Å²) in [7, 11) is 1.73. The molecule has 2 aromatic rings. The topological polar surface area (TPSA) is 138 Å². The van der Waals surface area contributed by atoms with E-state index < -0.39 is 18.1 Å². The van der Waals surface area contributed by atoms with Crippen LogP contribution < -0.4 is 10.6 Å². The number of carbonyl (C=O) groups is 5. The predicted molar refractivity (Wildman–Crippen MR) is 167 cm³/mol. The third kappa shape index (κ3) is 6.40. The summed E-state index contributed by atoms with van der Waals surface area (Å²) >= 11 is 1.35. The van der Waals surface area contributed by atoms with Crippen molar-refractivity contribution in [3.63, 3.8) is 0 Å². The highest BCUT2D eigenvalue weighted by molar-refractivity contribution is 7.10. The summed E-state index contributed by atoms with van der Waals surface area (Å²) in [4.78, 5) is 74.2. The first-order valence-electron chi connectivity index (χ1n) is 16.1. The van der Waals surface area contributed by atoms with Crippen molar-refractivity contribution in [1.82, 2.24) is 25.4 Å². The van der Waals surface area contributed by atoms with Crippen molar-refractivity contribution in [1.29, 1.82) is 0 Å². The van der Waals surface area contributed by atoms with Crippen molar-refractivity contribution in [2.24, 2.45) is 5.92 Å². The second-order valence-electron chi connectivity index (χ2n) is 12.7. The zero-order chi connectivity index (χ0) is 31.7. The molecular formula is C33H41N5O6S. The molecule has 1 aromatic carbocycles. The van der Waals surface area contributed by atoms with Crippen molar-refractivity contribution in [2.75, 3.05) is 20.1 Å². The Morgan fingerprint density at radius 1 is 0.978 bits per heavy atom. The Kier molecular flexibility index (Phi) is 9.32. The van der Waals surface area contributed by atoms with Crippen LogP contribution in [-0.4, -0.2) is 88.6 Å². The maximum Gasteiger partial charge on any atom is 0.329 e. The van der Waals surface area contributed by atoms with Crippen LogP contribution in [0.25, 0.3) is 0 Å². The van der Waals surface area contributed by atoms with E-state index in [0.29, 0.717) is 35.6 Å². The van der Waals surface area contributed by atoms with Gasteiger partial charge in [0.25, 0.3) is 5.91 Å². The van der Waals surface area contributed by atoms with Crippen LogP contribution in [0.5, 0.6) is 0 Å². The number of ether oxygens (including phenoxy) is 1. The molecule has 1 aliphatic carbocycles. The number of nitrogens with one attached hydrogen (secondary N) is 2. The molecule has 240 valence electrons. The number of piperidine rings is 1. The second kappa shape index (κ2) is 13.4. The Balaban J connectivity index is 1.17. The lowest BCUT2D eigenvalue weighted by atomic mass is 9.83. The number of hydrogen-bond acceptors (Lipinski definition) is 9. The number of amides is 3. The lowest BCUT2D eigenvalue weighted by Gasteiger charge is -2.43. The van der Waals surface area contributed by atoms with E-state index in [1.807, 2.05) is 4.90 Å². The highest BCUT2D eigenvalue weighted by atomic mass is 32.1. The second-order valence-corrected chi connectivity index (χ2v) is 13.6. The molecule has 0 radical (unpaired) electrons. The average Bonchev–Trinajstić information content (AvgIpc) is 3.77. The van der Waals surface area contributed by atoms with Gasteiger partial charge in [0.15, 0.2) is 0 Å². The lowest BCUT2D eigenvalue weighted by molar-refractivity contribution is -0.172. The Morgan fingerprint density at radius 3 is 2.49 bits per heavy atom. The molecule has 5 fully saturated rings. The molecule has 12 heteroatoms. The summed E-state index contributed by atoms with van der Waals surface area (Å²) in [6.45, 7) is 2.71. The van der Waals surface area contributed by atoms with Crippen LogP contribution in [0.3, 0.4) is 0 Å². The number of rotatable bonds is 9. The summed E-state index contributed by atoms with van der Waals surface area (Å²) in [5.74, 6) is -1.14. The van der Waals surface area contributed by atoms with Gasteiger partial charge in [0.2, 0.25) is 17.6 Å². The van der Waals surface area contributed by atoms with Crippen LogP contribution in [0.1, 0.15) is 102 Å². The van der Waals surface area contributed by atoms with Gasteiger partial charge in [0, 0.05) is 23.1 Å². The summed E-state index contributed by atoms with van der Waals surface area (Å²) in [6.07, 6.45) is 7.65. The van der Waals surface area contributed by atoms with E-state index in [2.05, 4.69) is 10.6 Å². The third-order valence-corrected chi connectivity index (χ3v) is 10.8. The van der Waals surface area contributed by atoms with Crippen molar-refractivity contribution >= 4 is 40.8 Å². The molecule has 0 spiro atoms. The van der Waals surface area contributed by atoms with Crippen molar-refractivity contribution in [2.45, 2.75) is 95.0 Å². The van der Waals surface area contributed by atoms with Gasteiger partial charge in [-0.25, -0.2) is 9.78 Å². The Morgan fingerprint density at radius 2 is 1.76 bits per heavy atom. The molecule has 11 nitrogen and oxygen atoms in total. The van der Waals surface area contributed by atoms with Gasteiger partial charge in [-0.05, 0) is 70.5 Å². The predicted octanol–water partition coefficient (Wildman–Crippen LogP) is 3.24. The SMILES string of the molecule is CNC(C)C(=O)NC(C(=O)N1CCCC1c1nc(C(=O)c2cccc(C(=O)N3CC4CCC3C(=O)O4)c2)cs1)C1CCCCC1. The molecule has 5 heterocycles. The van der Waals surface area contributed by atoms with Gasteiger partial charge < -0.3 is 25.2 Å². The number of likely N-dealkylation sites (tertiary alicyclic amines) is 1. The van der Waals surface area contributed by atoms with Crippen LogP contribution in [-0.2, 0) is 19.1 Å². The van der Waals surface area contributed by atoms with E-state index in [9.17, 15) is 24.0 Å². The summed E-state index contributed by atoms with van der Waals surface area (Å²) < 4.78 is 5.32. The number of carbonyl (C=O) groups excluding carboxylic acids is 5. The van der Waals surface area contributed by atoms with E-state index >= 15 is 0 Å². The number of hydrogen-bond donors (Lipinski definition) is 2. The fourth-order valence-electron chi connectivity index (χ4n) is 7.12. The Hall–Kier alpha value is -3.64. The number of likely N-dealkylation sites (N-methyl/N-ethyl adjacent to an activating group) is 1. The van der Waals surface area contributed by atoms with Crippen LogP contribution in [0.15, 0.2) is 29.6 Å². The quantitative estimate of drug-likeness (QED) is 0.317. The molecule has 1 aromatic heterocycles. The Bertz CT molecular complexity index is 1470. The van der Waals surface area contributed by atoms with Gasteiger partial charge in [0.05, 0.1) is 18.6 Å². The molecule has 4 aliphatic heterocycles. The smallest absolute Gasteiger partial charge is 0.329 e. The fourth-order valence-corrected chi connectivity index (χ4v) is 8.07. The number of aromatic nitrogens is 1.